The van der Waals surface area contributed by atoms with E-state index in [2.05, 4.69) is 36.5 Å². The van der Waals surface area contributed by atoms with Crippen molar-refractivity contribution in [3.05, 3.63) is 60.2 Å². The molecule has 2 aromatic carbocycles. The fourth-order valence-corrected chi connectivity index (χ4v) is 2.68. The molecule has 0 saturated carbocycles. The molecule has 0 aliphatic heterocycles. The van der Waals surface area contributed by atoms with Crippen LogP contribution in [0.4, 0.5) is 20.2 Å². The average molecular weight is 344 g/mol. The number of halogens is 2. The zero-order chi connectivity index (χ0) is 17.7. The van der Waals surface area contributed by atoms with E-state index >= 15 is 0 Å². The molecule has 1 unspecified atom stereocenters. The van der Waals surface area contributed by atoms with Gasteiger partial charge in [-0.05, 0) is 55.5 Å². The Kier molecular flexibility index (Phi) is 5.63. The van der Waals surface area contributed by atoms with Gasteiger partial charge < -0.3 is 0 Å². The maximum Gasteiger partial charge on any atom is 0.129 e. The van der Waals surface area contributed by atoms with Crippen LogP contribution in [0.5, 0.6) is 0 Å². The second kappa shape index (κ2) is 7.50. The molecule has 0 aliphatic carbocycles. The van der Waals surface area contributed by atoms with E-state index in [0.29, 0.717) is 0 Å². The number of hydrazine groups is 1. The van der Waals surface area contributed by atoms with Crippen LogP contribution in [-0.4, -0.2) is 14.1 Å². The summed E-state index contributed by atoms with van der Waals surface area (Å²) >= 11 is 0. The monoisotopic (exact) mass is 344 g/mol. The first-order chi connectivity index (χ1) is 11.2. The molecule has 0 radical (unpaired) electrons. The highest BCUT2D eigenvalue weighted by Gasteiger charge is 2.15. The van der Waals surface area contributed by atoms with Crippen LogP contribution < -0.4 is 10.4 Å². The van der Waals surface area contributed by atoms with Crippen molar-refractivity contribution in [2.75, 3.05) is 10.4 Å². The summed E-state index contributed by atoms with van der Waals surface area (Å²) in [6.07, 6.45) is 0. The van der Waals surface area contributed by atoms with Crippen LogP contribution in [0.1, 0.15) is 6.92 Å². The number of anilines is 2. The molecular formula is C19H22F2N2Si. The van der Waals surface area contributed by atoms with Gasteiger partial charge in [-0.1, -0.05) is 25.6 Å². The highest BCUT2D eigenvalue weighted by atomic mass is 28.3. The molecule has 0 heterocycles. The van der Waals surface area contributed by atoms with Crippen LogP contribution in [0.3, 0.4) is 0 Å². The van der Waals surface area contributed by atoms with E-state index in [1.807, 2.05) is 11.9 Å². The molecule has 0 spiro atoms. The maximum atomic E-state index is 13.2. The molecule has 1 atom stereocenters. The fraction of sp³-hybridized carbons (Fsp3) is 0.263. The molecule has 24 heavy (non-hydrogen) atoms. The van der Waals surface area contributed by atoms with E-state index in [-0.39, 0.29) is 17.7 Å². The van der Waals surface area contributed by atoms with Gasteiger partial charge in [0.2, 0.25) is 0 Å². The Balaban J connectivity index is 2.31. The summed E-state index contributed by atoms with van der Waals surface area (Å²) in [5, 5.41) is 1.86. The molecule has 0 aliphatic rings. The maximum absolute atomic E-state index is 13.2. The van der Waals surface area contributed by atoms with Crippen LogP contribution in [0, 0.1) is 23.1 Å². The molecule has 126 valence electrons. The van der Waals surface area contributed by atoms with Gasteiger partial charge in [0.25, 0.3) is 0 Å². The minimum Gasteiger partial charge on any atom is -0.297 e. The molecular weight excluding hydrogens is 322 g/mol. The second-order valence-corrected chi connectivity index (χ2v) is 11.4. The molecule has 2 rings (SSSR count). The molecule has 1 N–H and O–H groups in total. The van der Waals surface area contributed by atoms with Crippen molar-refractivity contribution in [1.82, 2.24) is 0 Å². The molecule has 0 saturated heterocycles. The van der Waals surface area contributed by atoms with Gasteiger partial charge in [-0.25, -0.2) is 8.78 Å². The molecule has 0 fully saturated rings. The molecule has 0 amide bonds. The first kappa shape index (κ1) is 18.0. The van der Waals surface area contributed by atoms with Gasteiger partial charge >= 0.3 is 0 Å². The second-order valence-electron chi connectivity index (χ2n) is 6.66. The Morgan fingerprint density at radius 1 is 0.917 bits per heavy atom. The Labute approximate surface area is 143 Å². The third kappa shape index (κ3) is 5.39. The lowest BCUT2D eigenvalue weighted by molar-refractivity contribution is 0.626. The first-order valence-corrected chi connectivity index (χ1v) is 11.3. The van der Waals surface area contributed by atoms with Crippen molar-refractivity contribution in [2.45, 2.75) is 32.6 Å². The van der Waals surface area contributed by atoms with Gasteiger partial charge in [0.15, 0.2) is 0 Å². The lowest BCUT2D eigenvalue weighted by Crippen LogP contribution is -2.37. The third-order valence-corrected chi connectivity index (χ3v) is 4.14. The quantitative estimate of drug-likeness (QED) is 0.473. The summed E-state index contributed by atoms with van der Waals surface area (Å²) in [5.41, 5.74) is 8.11. The zero-order valence-electron chi connectivity index (χ0n) is 14.4. The van der Waals surface area contributed by atoms with E-state index in [0.717, 1.165) is 11.4 Å². The average Bonchev–Trinajstić information content (AvgIpc) is 2.52. The molecule has 5 heteroatoms. The van der Waals surface area contributed by atoms with Crippen molar-refractivity contribution in [3.63, 3.8) is 0 Å². The van der Waals surface area contributed by atoms with Gasteiger partial charge in [0.05, 0.1) is 11.4 Å². The van der Waals surface area contributed by atoms with E-state index in [1.54, 1.807) is 24.3 Å². The van der Waals surface area contributed by atoms with E-state index in [9.17, 15) is 8.78 Å². The molecule has 0 bridgehead atoms. The number of nitrogens with zero attached hydrogens (tertiary/aromatic N) is 1. The largest absolute Gasteiger partial charge is 0.297 e. The summed E-state index contributed by atoms with van der Waals surface area (Å²) in [6, 6.07) is 12.2. The van der Waals surface area contributed by atoms with Crippen molar-refractivity contribution in [3.8, 4) is 11.5 Å². The first-order valence-electron chi connectivity index (χ1n) is 7.84. The van der Waals surface area contributed by atoms with Gasteiger partial charge in [-0.3, -0.25) is 10.4 Å². The van der Waals surface area contributed by atoms with Crippen LogP contribution in [0.15, 0.2) is 48.5 Å². The van der Waals surface area contributed by atoms with Gasteiger partial charge in [0, 0.05) is 0 Å². The van der Waals surface area contributed by atoms with E-state index < -0.39 is 8.07 Å². The van der Waals surface area contributed by atoms with Crippen LogP contribution >= 0.6 is 0 Å². The normalized spacial score (nSPS) is 12.1. The van der Waals surface area contributed by atoms with E-state index in [1.165, 1.54) is 24.3 Å². The molecule has 2 nitrogen and oxygen atoms in total. The standard InChI is InChI=1S/C19H22F2N2Si/c1-15(13-14-24(2,3)4)23(19-11-7-17(21)8-12-19)22-18-9-5-16(20)6-10-18/h5-12,15,22H,1-4H3. The predicted octanol–water partition coefficient (Wildman–Crippen LogP) is 5.07. The molecule has 0 aromatic heterocycles. The van der Waals surface area contributed by atoms with Crippen molar-refractivity contribution in [2.24, 2.45) is 0 Å². The summed E-state index contributed by atoms with van der Waals surface area (Å²) < 4.78 is 26.3. The lowest BCUT2D eigenvalue weighted by atomic mass is 10.2. The Morgan fingerprint density at radius 3 is 1.92 bits per heavy atom. The van der Waals surface area contributed by atoms with Crippen molar-refractivity contribution < 1.29 is 8.78 Å². The Hall–Kier alpha value is -2.32. The summed E-state index contributed by atoms with van der Waals surface area (Å²) in [6.45, 7) is 8.53. The predicted molar refractivity (Wildman–Crippen MR) is 99.5 cm³/mol. The highest BCUT2D eigenvalue weighted by molar-refractivity contribution is 6.83. The SMILES string of the molecule is CC(C#C[Si](C)(C)C)N(Nc1ccc(F)cc1)c1ccc(F)cc1. The van der Waals surface area contributed by atoms with E-state index in [4.69, 9.17) is 0 Å². The zero-order valence-corrected chi connectivity index (χ0v) is 15.4. The lowest BCUT2D eigenvalue weighted by Gasteiger charge is -2.30. The summed E-state index contributed by atoms with van der Waals surface area (Å²) in [4.78, 5) is 0. The smallest absolute Gasteiger partial charge is 0.129 e. The van der Waals surface area contributed by atoms with Crippen LogP contribution in [-0.2, 0) is 0 Å². The van der Waals surface area contributed by atoms with Gasteiger partial charge in [0.1, 0.15) is 25.8 Å². The van der Waals surface area contributed by atoms with Gasteiger partial charge in [-0.15, -0.1) is 5.54 Å². The Bertz CT molecular complexity index is 725. The molecule has 2 aromatic rings. The van der Waals surface area contributed by atoms with Gasteiger partial charge in [-0.2, -0.15) is 0 Å². The minimum atomic E-state index is -1.50. The Morgan fingerprint density at radius 2 is 1.42 bits per heavy atom. The number of hydrogen-bond acceptors (Lipinski definition) is 2. The van der Waals surface area contributed by atoms with Crippen molar-refractivity contribution >= 4 is 19.4 Å². The van der Waals surface area contributed by atoms with Crippen LogP contribution in [0.25, 0.3) is 0 Å². The van der Waals surface area contributed by atoms with Crippen molar-refractivity contribution in [1.29, 1.82) is 0 Å². The number of nitrogens with one attached hydrogen (secondary N) is 1. The number of hydrogen-bond donors (Lipinski definition) is 1. The number of benzene rings is 2. The third-order valence-electron chi connectivity index (χ3n) is 3.24. The number of rotatable bonds is 4. The summed E-state index contributed by atoms with van der Waals surface area (Å²) in [7, 11) is -1.50. The van der Waals surface area contributed by atoms with Crippen LogP contribution in [0.2, 0.25) is 19.6 Å². The highest BCUT2D eigenvalue weighted by Crippen LogP contribution is 2.20. The topological polar surface area (TPSA) is 15.3 Å². The fourth-order valence-electron chi connectivity index (χ4n) is 2.04. The minimum absolute atomic E-state index is 0.132. The summed E-state index contributed by atoms with van der Waals surface area (Å²) in [5.74, 6) is 2.69.